The molecule has 0 atom stereocenters. The number of hydrogen-bond acceptors (Lipinski definition) is 4. The van der Waals surface area contributed by atoms with Gasteiger partial charge in [-0.05, 0) is 56.5 Å². The zero-order chi connectivity index (χ0) is 17.1. The quantitative estimate of drug-likeness (QED) is 0.867. The number of carbonyl (C=O) groups excluding carboxylic acids is 1. The predicted octanol–water partition coefficient (Wildman–Crippen LogP) is 2.97. The first kappa shape index (κ1) is 16.4. The highest BCUT2D eigenvalue weighted by Crippen LogP contribution is 2.16. The lowest BCUT2D eigenvalue weighted by atomic mass is 10.2. The standard InChI is InChI=1S/C19H24N4O/c1-14-10-15(2)21-17(11-14)13-22(3)18-7-6-16(12-20-18)19(24)23-8-4-5-9-23/h6-7,10-12H,4-5,8-9,13H2,1-3H3. The van der Waals surface area contributed by atoms with Crippen molar-refractivity contribution >= 4 is 11.7 Å². The number of likely N-dealkylation sites (tertiary alicyclic amines) is 1. The van der Waals surface area contributed by atoms with Crippen molar-refractivity contribution in [2.24, 2.45) is 0 Å². The van der Waals surface area contributed by atoms with Crippen molar-refractivity contribution in [3.05, 3.63) is 53.0 Å². The Morgan fingerprint density at radius 1 is 1.21 bits per heavy atom. The van der Waals surface area contributed by atoms with Gasteiger partial charge in [-0.3, -0.25) is 9.78 Å². The van der Waals surface area contributed by atoms with E-state index in [4.69, 9.17) is 0 Å². The van der Waals surface area contributed by atoms with Crippen LogP contribution in [0.4, 0.5) is 5.82 Å². The Balaban J connectivity index is 1.69. The van der Waals surface area contributed by atoms with E-state index in [1.165, 1.54) is 5.56 Å². The van der Waals surface area contributed by atoms with Crippen LogP contribution in [0, 0.1) is 13.8 Å². The van der Waals surface area contributed by atoms with E-state index in [9.17, 15) is 4.79 Å². The van der Waals surface area contributed by atoms with E-state index in [0.717, 1.165) is 43.1 Å². The second kappa shape index (κ2) is 6.99. The molecular weight excluding hydrogens is 300 g/mol. The van der Waals surface area contributed by atoms with Gasteiger partial charge in [0.1, 0.15) is 5.82 Å². The van der Waals surface area contributed by atoms with E-state index >= 15 is 0 Å². The van der Waals surface area contributed by atoms with Crippen LogP contribution in [0.3, 0.4) is 0 Å². The molecule has 0 aromatic carbocycles. The molecule has 0 aliphatic carbocycles. The minimum absolute atomic E-state index is 0.0881. The van der Waals surface area contributed by atoms with E-state index in [0.29, 0.717) is 12.1 Å². The Morgan fingerprint density at radius 3 is 2.58 bits per heavy atom. The van der Waals surface area contributed by atoms with Crippen molar-refractivity contribution in [1.82, 2.24) is 14.9 Å². The van der Waals surface area contributed by atoms with Crippen molar-refractivity contribution in [2.45, 2.75) is 33.2 Å². The van der Waals surface area contributed by atoms with Crippen LogP contribution in [0.15, 0.2) is 30.5 Å². The summed E-state index contributed by atoms with van der Waals surface area (Å²) in [5.74, 6) is 0.930. The number of nitrogens with zero attached hydrogens (tertiary/aromatic N) is 4. The highest BCUT2D eigenvalue weighted by Gasteiger charge is 2.19. The van der Waals surface area contributed by atoms with Crippen LogP contribution in [0.25, 0.3) is 0 Å². The first-order valence-corrected chi connectivity index (χ1v) is 8.43. The normalized spacial score (nSPS) is 14.0. The Morgan fingerprint density at radius 2 is 1.96 bits per heavy atom. The van der Waals surface area contributed by atoms with Crippen molar-refractivity contribution in [3.8, 4) is 0 Å². The molecule has 0 N–H and O–H groups in total. The summed E-state index contributed by atoms with van der Waals surface area (Å²) in [7, 11) is 1.99. The number of carbonyl (C=O) groups is 1. The second-order valence-corrected chi connectivity index (χ2v) is 6.54. The molecule has 1 amide bonds. The maximum atomic E-state index is 12.4. The second-order valence-electron chi connectivity index (χ2n) is 6.54. The monoisotopic (exact) mass is 324 g/mol. The van der Waals surface area contributed by atoms with Gasteiger partial charge in [0.15, 0.2) is 0 Å². The molecule has 0 saturated carbocycles. The zero-order valence-corrected chi connectivity index (χ0v) is 14.6. The molecule has 2 aromatic heterocycles. The van der Waals surface area contributed by atoms with Crippen LogP contribution >= 0.6 is 0 Å². The fourth-order valence-corrected chi connectivity index (χ4v) is 3.17. The molecule has 1 aliphatic heterocycles. The summed E-state index contributed by atoms with van der Waals surface area (Å²) in [6, 6.07) is 7.94. The Bertz CT molecular complexity index is 700. The van der Waals surface area contributed by atoms with E-state index in [1.807, 2.05) is 35.9 Å². The SMILES string of the molecule is Cc1cc(C)nc(CN(C)c2ccc(C(=O)N3CCCC3)cn2)c1. The fourth-order valence-electron chi connectivity index (χ4n) is 3.17. The molecule has 5 heteroatoms. The number of amides is 1. The number of pyridine rings is 2. The smallest absolute Gasteiger partial charge is 0.255 e. The number of aromatic nitrogens is 2. The first-order valence-electron chi connectivity index (χ1n) is 8.43. The molecule has 5 nitrogen and oxygen atoms in total. The van der Waals surface area contributed by atoms with Gasteiger partial charge in [0.25, 0.3) is 5.91 Å². The lowest BCUT2D eigenvalue weighted by Gasteiger charge is -2.19. The average Bonchev–Trinajstić information content (AvgIpc) is 3.07. The predicted molar refractivity (Wildman–Crippen MR) is 95.2 cm³/mol. The maximum absolute atomic E-state index is 12.4. The van der Waals surface area contributed by atoms with Gasteiger partial charge in [0.05, 0.1) is 17.8 Å². The van der Waals surface area contributed by atoms with Gasteiger partial charge >= 0.3 is 0 Å². The molecule has 1 aliphatic rings. The highest BCUT2D eigenvalue weighted by molar-refractivity contribution is 5.94. The minimum Gasteiger partial charge on any atom is -0.354 e. The zero-order valence-electron chi connectivity index (χ0n) is 14.6. The average molecular weight is 324 g/mol. The van der Waals surface area contributed by atoms with Crippen molar-refractivity contribution in [3.63, 3.8) is 0 Å². The lowest BCUT2D eigenvalue weighted by molar-refractivity contribution is 0.0792. The number of hydrogen-bond donors (Lipinski definition) is 0. The van der Waals surface area contributed by atoms with Crippen molar-refractivity contribution in [1.29, 1.82) is 0 Å². The number of aryl methyl sites for hydroxylation is 2. The van der Waals surface area contributed by atoms with Crippen LogP contribution < -0.4 is 4.90 Å². The molecule has 3 heterocycles. The Kier molecular flexibility index (Phi) is 4.79. The third kappa shape index (κ3) is 3.72. The summed E-state index contributed by atoms with van der Waals surface area (Å²) < 4.78 is 0. The van der Waals surface area contributed by atoms with Gasteiger partial charge in [-0.2, -0.15) is 0 Å². The molecule has 0 radical (unpaired) electrons. The van der Waals surface area contributed by atoms with Crippen LogP contribution in [0.1, 0.15) is 40.2 Å². The summed E-state index contributed by atoms with van der Waals surface area (Å²) in [6.45, 7) is 6.50. The van der Waals surface area contributed by atoms with E-state index < -0.39 is 0 Å². The molecule has 3 rings (SSSR count). The van der Waals surface area contributed by atoms with Crippen LogP contribution in [-0.2, 0) is 6.54 Å². The largest absolute Gasteiger partial charge is 0.354 e. The molecule has 0 unspecified atom stereocenters. The van der Waals surface area contributed by atoms with Crippen LogP contribution in [-0.4, -0.2) is 40.9 Å². The lowest BCUT2D eigenvalue weighted by Crippen LogP contribution is -2.27. The summed E-state index contributed by atoms with van der Waals surface area (Å²) in [4.78, 5) is 25.3. The van der Waals surface area contributed by atoms with Gasteiger partial charge < -0.3 is 9.80 Å². The molecule has 24 heavy (non-hydrogen) atoms. The third-order valence-corrected chi connectivity index (χ3v) is 4.33. The van der Waals surface area contributed by atoms with Gasteiger partial charge in [-0.25, -0.2) is 4.98 Å². The van der Waals surface area contributed by atoms with Crippen LogP contribution in [0.2, 0.25) is 0 Å². The third-order valence-electron chi connectivity index (χ3n) is 4.33. The van der Waals surface area contributed by atoms with Crippen LogP contribution in [0.5, 0.6) is 0 Å². The molecule has 1 fully saturated rings. The van der Waals surface area contributed by atoms with Gasteiger partial charge in [0, 0.05) is 32.0 Å². The topological polar surface area (TPSA) is 49.3 Å². The van der Waals surface area contributed by atoms with Crippen molar-refractivity contribution < 1.29 is 4.79 Å². The molecule has 2 aromatic rings. The van der Waals surface area contributed by atoms with Gasteiger partial charge in [-0.1, -0.05) is 0 Å². The van der Waals surface area contributed by atoms with Gasteiger partial charge in [-0.15, -0.1) is 0 Å². The molecule has 0 bridgehead atoms. The summed E-state index contributed by atoms with van der Waals surface area (Å²) in [5, 5.41) is 0. The fraction of sp³-hybridized carbons (Fsp3) is 0.421. The van der Waals surface area contributed by atoms with Crippen molar-refractivity contribution in [2.75, 3.05) is 25.0 Å². The van der Waals surface area contributed by atoms with E-state index in [2.05, 4.69) is 29.0 Å². The van der Waals surface area contributed by atoms with E-state index in [1.54, 1.807) is 6.20 Å². The number of anilines is 1. The summed E-state index contributed by atoms with van der Waals surface area (Å²) in [5.41, 5.74) is 3.93. The number of rotatable bonds is 4. The molecular formula is C19H24N4O. The Hall–Kier alpha value is -2.43. The molecule has 0 spiro atoms. The first-order chi connectivity index (χ1) is 11.5. The minimum atomic E-state index is 0.0881. The summed E-state index contributed by atoms with van der Waals surface area (Å²) >= 11 is 0. The van der Waals surface area contributed by atoms with Gasteiger partial charge in [0.2, 0.25) is 0 Å². The summed E-state index contributed by atoms with van der Waals surface area (Å²) in [6.07, 6.45) is 3.88. The Labute approximate surface area is 143 Å². The highest BCUT2D eigenvalue weighted by atomic mass is 16.2. The molecule has 1 saturated heterocycles. The maximum Gasteiger partial charge on any atom is 0.255 e. The molecule has 126 valence electrons. The van der Waals surface area contributed by atoms with E-state index in [-0.39, 0.29) is 5.91 Å².